The molecule has 34 heavy (non-hydrogen) atoms. The fourth-order valence-corrected chi connectivity index (χ4v) is 5.97. The summed E-state index contributed by atoms with van der Waals surface area (Å²) < 4.78 is 13.0. The van der Waals surface area contributed by atoms with E-state index in [1.807, 2.05) is 72.5 Å². The van der Waals surface area contributed by atoms with Crippen LogP contribution in [0.4, 0.5) is 0 Å². The van der Waals surface area contributed by atoms with Gasteiger partial charge in [0.2, 0.25) is 5.91 Å². The molecule has 0 unspecified atom stereocenters. The fourth-order valence-electron chi connectivity index (χ4n) is 5.97. The molecule has 0 aromatic heterocycles. The van der Waals surface area contributed by atoms with Crippen molar-refractivity contribution in [3.05, 3.63) is 71.8 Å². The molecule has 2 aromatic rings. The number of carbonyl (C=O) groups excluding carboxylic acids is 1. The van der Waals surface area contributed by atoms with Crippen molar-refractivity contribution in [2.24, 2.45) is 5.92 Å². The highest BCUT2D eigenvalue weighted by Crippen LogP contribution is 2.55. The minimum Gasteiger partial charge on any atom is -0.487 e. The number of carbonyl (C=O) groups is 2. The largest absolute Gasteiger partial charge is 0.487 e. The first-order valence-corrected chi connectivity index (χ1v) is 12.1. The Morgan fingerprint density at radius 2 is 1.91 bits per heavy atom. The second-order valence-electron chi connectivity index (χ2n) is 9.95. The first kappa shape index (κ1) is 22.7. The highest BCUT2D eigenvalue weighted by Gasteiger charge is 2.57. The van der Waals surface area contributed by atoms with Gasteiger partial charge in [0.25, 0.3) is 0 Å². The first-order chi connectivity index (χ1) is 16.4. The van der Waals surface area contributed by atoms with E-state index in [4.69, 9.17) is 9.47 Å². The van der Waals surface area contributed by atoms with Crippen molar-refractivity contribution in [1.29, 1.82) is 0 Å². The summed E-state index contributed by atoms with van der Waals surface area (Å²) in [7, 11) is 0. The Labute approximate surface area is 200 Å². The van der Waals surface area contributed by atoms with Gasteiger partial charge in [-0.1, -0.05) is 48.5 Å². The monoisotopic (exact) mass is 461 g/mol. The number of aliphatic carboxylic acids is 1. The minimum atomic E-state index is -0.838. The molecule has 2 aromatic carbocycles. The van der Waals surface area contributed by atoms with Gasteiger partial charge in [-0.2, -0.15) is 0 Å². The normalized spacial score (nSPS) is 30.1. The number of ether oxygens (including phenoxy) is 2. The molecule has 4 atom stereocenters. The van der Waals surface area contributed by atoms with Gasteiger partial charge in [0.05, 0.1) is 18.2 Å². The van der Waals surface area contributed by atoms with Gasteiger partial charge in [0, 0.05) is 30.5 Å². The summed E-state index contributed by atoms with van der Waals surface area (Å²) in [5.74, 6) is -0.136. The topological polar surface area (TPSA) is 76.1 Å². The van der Waals surface area contributed by atoms with Gasteiger partial charge in [0.1, 0.15) is 11.4 Å². The third-order valence-corrected chi connectivity index (χ3v) is 7.77. The predicted octanol–water partition coefficient (Wildman–Crippen LogP) is 4.85. The molecule has 5 rings (SSSR count). The number of amides is 1. The molecule has 178 valence electrons. The Balaban J connectivity index is 1.43. The predicted molar refractivity (Wildman–Crippen MR) is 128 cm³/mol. The molecule has 1 amide bonds. The standard InChI is InChI=1S/C28H31NO5/c1-27(16-14-25(31)32)22-18-28(19-33-26(22)21-10-5-6-11-23(21)34-27)15-7-17-29(28)24(30)13-12-20-8-3-2-4-9-20/h2-6,8-13,22,26H,7,14-19H2,1H3,(H,31,32)/b13-12+/t22-,26+,27+,28+/m1/s1. The van der Waals surface area contributed by atoms with E-state index >= 15 is 0 Å². The number of hydrogen-bond donors (Lipinski definition) is 1. The molecule has 0 saturated carbocycles. The molecule has 0 bridgehead atoms. The Morgan fingerprint density at radius 1 is 1.15 bits per heavy atom. The molecule has 3 aliphatic heterocycles. The maximum Gasteiger partial charge on any atom is 0.303 e. The molecule has 6 heteroatoms. The summed E-state index contributed by atoms with van der Waals surface area (Å²) in [6.07, 6.45) is 6.28. The lowest BCUT2D eigenvalue weighted by atomic mass is 9.68. The maximum atomic E-state index is 13.3. The average molecular weight is 462 g/mol. The van der Waals surface area contributed by atoms with Crippen LogP contribution < -0.4 is 4.74 Å². The van der Waals surface area contributed by atoms with E-state index in [2.05, 4.69) is 0 Å². The van der Waals surface area contributed by atoms with E-state index in [9.17, 15) is 14.7 Å². The van der Waals surface area contributed by atoms with Gasteiger partial charge >= 0.3 is 5.97 Å². The van der Waals surface area contributed by atoms with Crippen LogP contribution in [-0.4, -0.2) is 46.2 Å². The second-order valence-corrected chi connectivity index (χ2v) is 9.95. The zero-order valence-corrected chi connectivity index (χ0v) is 19.5. The number of fused-ring (bicyclic) bond motifs is 3. The summed E-state index contributed by atoms with van der Waals surface area (Å²) in [5.41, 5.74) is 0.902. The fraction of sp³-hybridized carbons (Fsp3) is 0.429. The molecule has 3 aliphatic rings. The van der Waals surface area contributed by atoms with Gasteiger partial charge in [0.15, 0.2) is 0 Å². The van der Waals surface area contributed by atoms with Crippen LogP contribution in [0.1, 0.15) is 56.3 Å². The van der Waals surface area contributed by atoms with E-state index in [1.165, 1.54) is 0 Å². The van der Waals surface area contributed by atoms with Crippen molar-refractivity contribution < 1.29 is 24.2 Å². The van der Waals surface area contributed by atoms with Crippen molar-refractivity contribution in [1.82, 2.24) is 4.90 Å². The third-order valence-electron chi connectivity index (χ3n) is 7.77. The maximum absolute atomic E-state index is 13.3. The zero-order chi connectivity index (χ0) is 23.8. The summed E-state index contributed by atoms with van der Waals surface area (Å²) >= 11 is 0. The molecule has 6 nitrogen and oxygen atoms in total. The Morgan fingerprint density at radius 3 is 2.71 bits per heavy atom. The van der Waals surface area contributed by atoms with E-state index in [-0.39, 0.29) is 24.3 Å². The summed E-state index contributed by atoms with van der Waals surface area (Å²) in [6, 6.07) is 17.7. The summed E-state index contributed by atoms with van der Waals surface area (Å²) in [4.78, 5) is 26.7. The number of carboxylic acids is 1. The molecule has 2 fully saturated rings. The van der Waals surface area contributed by atoms with Crippen molar-refractivity contribution >= 4 is 18.0 Å². The van der Waals surface area contributed by atoms with E-state index in [0.717, 1.165) is 36.1 Å². The lowest BCUT2D eigenvalue weighted by Crippen LogP contribution is -2.60. The van der Waals surface area contributed by atoms with Crippen molar-refractivity contribution in [2.45, 2.75) is 56.3 Å². The van der Waals surface area contributed by atoms with Gasteiger partial charge in [-0.15, -0.1) is 0 Å². The van der Waals surface area contributed by atoms with E-state index in [1.54, 1.807) is 6.08 Å². The SMILES string of the molecule is C[C@@]1(CCC(=O)O)Oc2ccccc2[C@@H]2OC[C@]3(CCCN3C(=O)/C=C/c3ccccc3)C[C@H]21. The third kappa shape index (κ3) is 4.11. The number of likely N-dealkylation sites (tertiary alicyclic amines) is 1. The quantitative estimate of drug-likeness (QED) is 0.644. The average Bonchev–Trinajstić information content (AvgIpc) is 3.25. The molecular formula is C28H31NO5. The summed E-state index contributed by atoms with van der Waals surface area (Å²) in [6.45, 7) is 3.17. The van der Waals surface area contributed by atoms with Crippen LogP contribution in [0, 0.1) is 5.92 Å². The van der Waals surface area contributed by atoms with Crippen molar-refractivity contribution in [3.63, 3.8) is 0 Å². The summed E-state index contributed by atoms with van der Waals surface area (Å²) in [5, 5.41) is 9.38. The minimum absolute atomic E-state index is 0.00669. The van der Waals surface area contributed by atoms with Crippen LogP contribution in [0.25, 0.3) is 6.08 Å². The number of carboxylic acid groups (broad SMARTS) is 1. The van der Waals surface area contributed by atoms with Gasteiger partial charge < -0.3 is 19.5 Å². The van der Waals surface area contributed by atoms with E-state index in [0.29, 0.717) is 19.6 Å². The molecule has 0 aliphatic carbocycles. The van der Waals surface area contributed by atoms with Gasteiger partial charge in [-0.3, -0.25) is 9.59 Å². The first-order valence-electron chi connectivity index (χ1n) is 12.1. The van der Waals surface area contributed by atoms with Crippen LogP contribution in [0.5, 0.6) is 5.75 Å². The second kappa shape index (κ2) is 8.91. The molecule has 2 saturated heterocycles. The number of nitrogens with zero attached hydrogens (tertiary/aromatic N) is 1. The van der Waals surface area contributed by atoms with Gasteiger partial charge in [-0.05, 0) is 50.3 Å². The molecular weight excluding hydrogens is 430 g/mol. The zero-order valence-electron chi connectivity index (χ0n) is 19.5. The lowest BCUT2D eigenvalue weighted by molar-refractivity contribution is -0.178. The van der Waals surface area contributed by atoms with Crippen LogP contribution in [0.2, 0.25) is 0 Å². The molecule has 3 heterocycles. The highest BCUT2D eigenvalue weighted by atomic mass is 16.5. The number of hydrogen-bond acceptors (Lipinski definition) is 4. The molecule has 0 radical (unpaired) electrons. The van der Waals surface area contributed by atoms with Crippen molar-refractivity contribution in [3.8, 4) is 5.75 Å². The molecule has 1 N–H and O–H groups in total. The van der Waals surface area contributed by atoms with Crippen LogP contribution >= 0.6 is 0 Å². The van der Waals surface area contributed by atoms with Crippen LogP contribution in [-0.2, 0) is 14.3 Å². The number of para-hydroxylation sites is 1. The van der Waals surface area contributed by atoms with Crippen LogP contribution in [0.3, 0.4) is 0 Å². The Bertz CT molecular complexity index is 1100. The van der Waals surface area contributed by atoms with Crippen LogP contribution in [0.15, 0.2) is 60.7 Å². The Hall–Kier alpha value is -3.12. The molecule has 1 spiro atoms. The van der Waals surface area contributed by atoms with E-state index < -0.39 is 17.1 Å². The smallest absolute Gasteiger partial charge is 0.303 e. The highest BCUT2D eigenvalue weighted by molar-refractivity contribution is 5.92. The number of rotatable bonds is 5. The van der Waals surface area contributed by atoms with Crippen molar-refractivity contribution in [2.75, 3.05) is 13.2 Å². The van der Waals surface area contributed by atoms with Gasteiger partial charge in [-0.25, -0.2) is 0 Å². The Kier molecular flexibility index (Phi) is 5.94. The lowest BCUT2D eigenvalue weighted by Gasteiger charge is -2.54. The number of benzene rings is 2.